The highest BCUT2D eigenvalue weighted by Crippen LogP contribution is 2.16. The van der Waals surface area contributed by atoms with Gasteiger partial charge in [-0.15, -0.1) is 0 Å². The van der Waals surface area contributed by atoms with Crippen LogP contribution in [0.15, 0.2) is 24.5 Å². The zero-order chi connectivity index (χ0) is 10.8. The quantitative estimate of drug-likeness (QED) is 0.811. The van der Waals surface area contributed by atoms with Gasteiger partial charge >= 0.3 is 0 Å². The van der Waals surface area contributed by atoms with Crippen molar-refractivity contribution in [3.05, 3.63) is 36.0 Å². The molecule has 0 aliphatic rings. The van der Waals surface area contributed by atoms with Gasteiger partial charge in [0.2, 0.25) is 0 Å². The molecule has 15 heavy (non-hydrogen) atoms. The summed E-state index contributed by atoms with van der Waals surface area (Å²) in [5.41, 5.74) is 7.25. The van der Waals surface area contributed by atoms with Crippen molar-refractivity contribution in [1.82, 2.24) is 9.97 Å². The second-order valence-corrected chi connectivity index (χ2v) is 3.66. The highest BCUT2D eigenvalue weighted by Gasteiger charge is 2.06. The topological polar surface area (TPSA) is 51.8 Å². The van der Waals surface area contributed by atoms with Crippen molar-refractivity contribution in [2.24, 2.45) is 5.73 Å². The van der Waals surface area contributed by atoms with Gasteiger partial charge in [-0.1, -0.05) is 0 Å². The first-order valence-electron chi connectivity index (χ1n) is 4.81. The second-order valence-electron chi connectivity index (χ2n) is 3.66. The lowest BCUT2D eigenvalue weighted by Crippen LogP contribution is -2.18. The Morgan fingerprint density at radius 2 is 2.20 bits per heavy atom. The molecule has 78 valence electrons. The van der Waals surface area contributed by atoms with Crippen LogP contribution in [0.1, 0.15) is 12.6 Å². The van der Waals surface area contributed by atoms with Gasteiger partial charge in [0.25, 0.3) is 0 Å². The van der Waals surface area contributed by atoms with Gasteiger partial charge in [0.05, 0.1) is 11.2 Å². The Morgan fingerprint density at radius 3 is 2.93 bits per heavy atom. The third-order valence-electron chi connectivity index (χ3n) is 2.20. The molecular formula is C11H12FN3. The van der Waals surface area contributed by atoms with Crippen LogP contribution in [-0.2, 0) is 6.42 Å². The first-order valence-corrected chi connectivity index (χ1v) is 4.81. The molecule has 1 heterocycles. The van der Waals surface area contributed by atoms with Gasteiger partial charge in [0.15, 0.2) is 0 Å². The van der Waals surface area contributed by atoms with Gasteiger partial charge in [-0.25, -0.2) is 14.4 Å². The molecule has 4 heteroatoms. The summed E-state index contributed by atoms with van der Waals surface area (Å²) in [6.45, 7) is 1.90. The summed E-state index contributed by atoms with van der Waals surface area (Å²) in [7, 11) is 0. The maximum atomic E-state index is 13.1. The molecule has 0 amide bonds. The number of fused-ring (bicyclic) bond motifs is 1. The van der Waals surface area contributed by atoms with E-state index in [4.69, 9.17) is 5.73 Å². The largest absolute Gasteiger partial charge is 0.328 e. The molecule has 1 aromatic heterocycles. The Bertz CT molecular complexity index is 482. The number of halogens is 1. The molecule has 0 aliphatic carbocycles. The van der Waals surface area contributed by atoms with Crippen molar-refractivity contribution >= 4 is 10.9 Å². The molecule has 2 rings (SSSR count). The van der Waals surface area contributed by atoms with Crippen LogP contribution < -0.4 is 5.73 Å². The minimum absolute atomic E-state index is 0.00590. The molecule has 0 saturated heterocycles. The van der Waals surface area contributed by atoms with E-state index in [1.165, 1.54) is 18.5 Å². The molecule has 1 atom stereocenters. The van der Waals surface area contributed by atoms with Crippen molar-refractivity contribution in [1.29, 1.82) is 0 Å². The summed E-state index contributed by atoms with van der Waals surface area (Å²) in [6.07, 6.45) is 2.11. The monoisotopic (exact) mass is 205 g/mol. The van der Waals surface area contributed by atoms with Crippen molar-refractivity contribution in [2.75, 3.05) is 0 Å². The number of aromatic nitrogens is 2. The average molecular weight is 205 g/mol. The van der Waals surface area contributed by atoms with Crippen molar-refractivity contribution < 1.29 is 4.39 Å². The highest BCUT2D eigenvalue weighted by molar-refractivity contribution is 5.80. The molecule has 2 N–H and O–H groups in total. The number of rotatable bonds is 2. The Hall–Kier alpha value is -1.55. The summed E-state index contributed by atoms with van der Waals surface area (Å²) in [5.74, 6) is -0.275. The van der Waals surface area contributed by atoms with Crippen LogP contribution in [0.3, 0.4) is 0 Å². The third kappa shape index (κ3) is 2.10. The van der Waals surface area contributed by atoms with Crippen LogP contribution in [-0.4, -0.2) is 16.0 Å². The van der Waals surface area contributed by atoms with Crippen LogP contribution in [0.4, 0.5) is 4.39 Å². The predicted octanol–water partition coefficient (Wildman–Crippen LogP) is 1.66. The van der Waals surface area contributed by atoms with Crippen LogP contribution in [0.5, 0.6) is 0 Å². The zero-order valence-corrected chi connectivity index (χ0v) is 8.44. The van der Waals surface area contributed by atoms with E-state index in [9.17, 15) is 4.39 Å². The number of nitrogens with two attached hydrogens (primary N) is 1. The molecule has 0 fully saturated rings. The molecule has 1 unspecified atom stereocenters. The predicted molar refractivity (Wildman–Crippen MR) is 56.8 cm³/mol. The fourth-order valence-electron chi connectivity index (χ4n) is 1.55. The SMILES string of the molecule is CC(N)Cc1ncnc2ccc(F)cc12. The summed E-state index contributed by atoms with van der Waals surface area (Å²) in [6, 6.07) is 4.50. The molecule has 1 aromatic carbocycles. The molecule has 0 bridgehead atoms. The summed E-state index contributed by atoms with van der Waals surface area (Å²) in [5, 5.41) is 0.745. The highest BCUT2D eigenvalue weighted by atomic mass is 19.1. The number of nitrogens with zero attached hydrogens (tertiary/aromatic N) is 2. The minimum Gasteiger partial charge on any atom is -0.328 e. The van der Waals surface area contributed by atoms with E-state index in [2.05, 4.69) is 9.97 Å². The maximum Gasteiger partial charge on any atom is 0.124 e. The smallest absolute Gasteiger partial charge is 0.124 e. The lowest BCUT2D eigenvalue weighted by Gasteiger charge is -2.07. The van der Waals surface area contributed by atoms with E-state index in [0.717, 1.165) is 16.6 Å². The maximum absolute atomic E-state index is 13.1. The number of benzene rings is 1. The van der Waals surface area contributed by atoms with E-state index < -0.39 is 0 Å². The molecular weight excluding hydrogens is 193 g/mol. The summed E-state index contributed by atoms with van der Waals surface area (Å²) < 4.78 is 13.1. The van der Waals surface area contributed by atoms with Crippen molar-refractivity contribution in [3.8, 4) is 0 Å². The number of hydrogen-bond acceptors (Lipinski definition) is 3. The standard InChI is InChI=1S/C11H12FN3/c1-7(13)4-11-9-5-8(12)2-3-10(9)14-6-15-11/h2-3,5-7H,4,13H2,1H3. The first kappa shape index (κ1) is 9.98. The number of hydrogen-bond donors (Lipinski definition) is 1. The Labute approximate surface area is 87.2 Å². The second kappa shape index (κ2) is 3.90. The van der Waals surface area contributed by atoms with E-state index in [0.29, 0.717) is 6.42 Å². The van der Waals surface area contributed by atoms with Gasteiger partial charge in [-0.05, 0) is 25.1 Å². The summed E-state index contributed by atoms with van der Waals surface area (Å²) in [4.78, 5) is 8.20. The van der Waals surface area contributed by atoms with Gasteiger partial charge in [-0.2, -0.15) is 0 Å². The molecule has 0 spiro atoms. The minimum atomic E-state index is -0.275. The fraction of sp³-hybridized carbons (Fsp3) is 0.273. The lowest BCUT2D eigenvalue weighted by atomic mass is 10.1. The van der Waals surface area contributed by atoms with Crippen molar-refractivity contribution in [2.45, 2.75) is 19.4 Å². The van der Waals surface area contributed by atoms with Crippen molar-refractivity contribution in [3.63, 3.8) is 0 Å². The molecule has 2 aromatic rings. The molecule has 0 aliphatic heterocycles. The lowest BCUT2D eigenvalue weighted by molar-refractivity contribution is 0.629. The van der Waals surface area contributed by atoms with Crippen LogP contribution >= 0.6 is 0 Å². The molecule has 0 radical (unpaired) electrons. The van der Waals surface area contributed by atoms with E-state index in [1.54, 1.807) is 6.07 Å². The Morgan fingerprint density at radius 1 is 1.40 bits per heavy atom. The van der Waals surface area contributed by atoms with E-state index in [-0.39, 0.29) is 11.9 Å². The Balaban J connectivity index is 2.58. The summed E-state index contributed by atoms with van der Waals surface area (Å²) >= 11 is 0. The zero-order valence-electron chi connectivity index (χ0n) is 8.44. The van der Waals surface area contributed by atoms with E-state index >= 15 is 0 Å². The molecule has 0 saturated carbocycles. The first-order chi connectivity index (χ1) is 7.16. The fourth-order valence-corrected chi connectivity index (χ4v) is 1.55. The molecule has 3 nitrogen and oxygen atoms in total. The normalized spacial score (nSPS) is 13.0. The van der Waals surface area contributed by atoms with Crippen LogP contribution in [0.25, 0.3) is 10.9 Å². The van der Waals surface area contributed by atoms with E-state index in [1.807, 2.05) is 6.92 Å². The van der Waals surface area contributed by atoms with Gasteiger partial charge in [-0.3, -0.25) is 0 Å². The average Bonchev–Trinajstić information content (AvgIpc) is 2.18. The Kier molecular flexibility index (Phi) is 2.60. The van der Waals surface area contributed by atoms with Gasteiger partial charge < -0.3 is 5.73 Å². The van der Waals surface area contributed by atoms with Gasteiger partial charge in [0.1, 0.15) is 12.1 Å². The van der Waals surface area contributed by atoms with Crippen LogP contribution in [0.2, 0.25) is 0 Å². The third-order valence-corrected chi connectivity index (χ3v) is 2.20. The van der Waals surface area contributed by atoms with Crippen LogP contribution in [0, 0.1) is 5.82 Å². The van der Waals surface area contributed by atoms with Gasteiger partial charge in [0, 0.05) is 17.8 Å².